The Bertz CT molecular complexity index is 800. The summed E-state index contributed by atoms with van der Waals surface area (Å²) >= 11 is 1.34. The summed E-state index contributed by atoms with van der Waals surface area (Å²) in [6.07, 6.45) is 0. The Morgan fingerprint density at radius 2 is 2.00 bits per heavy atom. The van der Waals surface area contributed by atoms with Crippen molar-refractivity contribution in [2.45, 2.75) is 11.9 Å². The summed E-state index contributed by atoms with van der Waals surface area (Å²) in [6, 6.07) is 9.30. The first-order chi connectivity index (χ1) is 10.5. The summed E-state index contributed by atoms with van der Waals surface area (Å²) in [5, 5.41) is 3.34. The van der Waals surface area contributed by atoms with Crippen LogP contribution in [-0.2, 0) is 14.8 Å². The van der Waals surface area contributed by atoms with Crippen LogP contribution in [0.3, 0.4) is 0 Å². The number of carbonyl (C=O) groups is 1. The van der Waals surface area contributed by atoms with Crippen LogP contribution in [0, 0.1) is 6.92 Å². The predicted molar refractivity (Wildman–Crippen MR) is 84.1 cm³/mol. The maximum Gasteiger partial charge on any atom is 0.262 e. The van der Waals surface area contributed by atoms with E-state index >= 15 is 0 Å². The summed E-state index contributed by atoms with van der Waals surface area (Å²) in [5.41, 5.74) is 0.813. The van der Waals surface area contributed by atoms with E-state index in [1.54, 1.807) is 6.92 Å². The fourth-order valence-electron chi connectivity index (χ4n) is 2.30. The lowest BCUT2D eigenvalue weighted by molar-refractivity contribution is -0.122. The number of benzene rings is 1. The van der Waals surface area contributed by atoms with Gasteiger partial charge in [-0.05, 0) is 12.5 Å². The van der Waals surface area contributed by atoms with E-state index < -0.39 is 10.0 Å². The molecule has 8 heteroatoms. The summed E-state index contributed by atoms with van der Waals surface area (Å²) in [5.74, 6) is -0.289. The largest absolute Gasteiger partial charge is 0.354 e. The zero-order valence-corrected chi connectivity index (χ0v) is 13.6. The number of piperazine rings is 1. The number of rotatable bonds is 3. The normalized spacial score (nSPS) is 16.5. The minimum atomic E-state index is -3.78. The number of aromatic nitrogens is 1. The lowest BCUT2D eigenvalue weighted by Gasteiger charge is -2.25. The van der Waals surface area contributed by atoms with E-state index in [4.69, 9.17) is 0 Å². The maximum atomic E-state index is 12.8. The summed E-state index contributed by atoms with van der Waals surface area (Å²) in [4.78, 5) is 16.3. The van der Waals surface area contributed by atoms with E-state index in [0.29, 0.717) is 16.4 Å². The summed E-state index contributed by atoms with van der Waals surface area (Å²) in [7, 11) is -3.78. The molecule has 0 aliphatic carbocycles. The zero-order valence-electron chi connectivity index (χ0n) is 11.9. The standard InChI is InChI=1S/C14H15N3O3S2/c1-10-16-14(13(21-10)11-5-3-2-4-6-11)22(19,20)17-8-7-15-12(18)9-17/h2-6H,7-9H2,1H3,(H,15,18). The zero-order chi connectivity index (χ0) is 15.7. The van der Waals surface area contributed by atoms with Gasteiger partial charge in [-0.15, -0.1) is 11.3 Å². The van der Waals surface area contributed by atoms with E-state index in [1.807, 2.05) is 30.3 Å². The van der Waals surface area contributed by atoms with Gasteiger partial charge in [-0.25, -0.2) is 13.4 Å². The number of hydrogen-bond acceptors (Lipinski definition) is 5. The third kappa shape index (κ3) is 2.77. The van der Waals surface area contributed by atoms with Crippen molar-refractivity contribution in [3.63, 3.8) is 0 Å². The van der Waals surface area contributed by atoms with Gasteiger partial charge in [0.2, 0.25) is 5.91 Å². The number of sulfonamides is 1. The Morgan fingerprint density at radius 1 is 1.27 bits per heavy atom. The SMILES string of the molecule is Cc1nc(S(=O)(=O)N2CCNC(=O)C2)c(-c2ccccc2)s1. The van der Waals surface area contributed by atoms with Crippen LogP contribution in [0.25, 0.3) is 10.4 Å². The van der Waals surface area contributed by atoms with E-state index in [1.165, 1.54) is 15.6 Å². The van der Waals surface area contributed by atoms with Crippen LogP contribution in [0.15, 0.2) is 35.4 Å². The van der Waals surface area contributed by atoms with Crippen LogP contribution in [-0.4, -0.2) is 43.2 Å². The van der Waals surface area contributed by atoms with Gasteiger partial charge in [-0.1, -0.05) is 30.3 Å². The highest BCUT2D eigenvalue weighted by Gasteiger charge is 2.33. The number of thiazole rings is 1. The summed E-state index contributed by atoms with van der Waals surface area (Å²) in [6.45, 7) is 2.20. The van der Waals surface area contributed by atoms with Gasteiger partial charge >= 0.3 is 0 Å². The molecule has 0 unspecified atom stereocenters. The number of hydrogen-bond donors (Lipinski definition) is 1. The maximum absolute atomic E-state index is 12.8. The number of nitrogens with one attached hydrogen (secondary N) is 1. The van der Waals surface area contributed by atoms with Crippen LogP contribution in [0.1, 0.15) is 5.01 Å². The monoisotopic (exact) mass is 337 g/mol. The molecule has 0 saturated carbocycles. The molecule has 2 aromatic rings. The molecule has 1 amide bonds. The Morgan fingerprint density at radius 3 is 2.68 bits per heavy atom. The molecule has 3 rings (SSSR count). The fraction of sp³-hybridized carbons (Fsp3) is 0.286. The molecular weight excluding hydrogens is 322 g/mol. The van der Waals surface area contributed by atoms with Crippen molar-refractivity contribution in [1.82, 2.24) is 14.6 Å². The highest BCUT2D eigenvalue weighted by atomic mass is 32.2. The van der Waals surface area contributed by atoms with Gasteiger partial charge in [0.25, 0.3) is 10.0 Å². The van der Waals surface area contributed by atoms with Crippen molar-refractivity contribution in [1.29, 1.82) is 0 Å². The van der Waals surface area contributed by atoms with Crippen molar-refractivity contribution >= 4 is 27.3 Å². The molecule has 0 bridgehead atoms. The number of aryl methyl sites for hydroxylation is 1. The van der Waals surface area contributed by atoms with E-state index in [2.05, 4.69) is 10.3 Å². The average Bonchev–Trinajstić information content (AvgIpc) is 2.91. The van der Waals surface area contributed by atoms with Gasteiger partial charge in [0.05, 0.1) is 16.4 Å². The molecule has 2 heterocycles. The molecule has 1 fully saturated rings. The minimum absolute atomic E-state index is 0.0379. The van der Waals surface area contributed by atoms with Crippen molar-refractivity contribution in [3.8, 4) is 10.4 Å². The van der Waals surface area contributed by atoms with Crippen molar-refractivity contribution in [2.75, 3.05) is 19.6 Å². The second-order valence-corrected chi connectivity index (χ2v) is 7.98. The van der Waals surface area contributed by atoms with Crippen LogP contribution < -0.4 is 5.32 Å². The van der Waals surface area contributed by atoms with E-state index in [0.717, 1.165) is 5.56 Å². The van der Waals surface area contributed by atoms with Gasteiger partial charge in [0.1, 0.15) is 0 Å². The molecule has 1 aliphatic heterocycles. The first-order valence-corrected chi connectivity index (χ1v) is 9.04. The molecule has 1 saturated heterocycles. The average molecular weight is 337 g/mol. The molecule has 0 spiro atoms. The quantitative estimate of drug-likeness (QED) is 0.914. The topological polar surface area (TPSA) is 79.4 Å². The van der Waals surface area contributed by atoms with E-state index in [9.17, 15) is 13.2 Å². The van der Waals surface area contributed by atoms with Crippen LogP contribution in [0.5, 0.6) is 0 Å². The lowest BCUT2D eigenvalue weighted by Crippen LogP contribution is -2.49. The number of carbonyl (C=O) groups excluding carboxylic acids is 1. The first kappa shape index (κ1) is 15.1. The molecule has 22 heavy (non-hydrogen) atoms. The highest BCUT2D eigenvalue weighted by Crippen LogP contribution is 2.34. The Kier molecular flexibility index (Phi) is 3.98. The van der Waals surface area contributed by atoms with Crippen LogP contribution >= 0.6 is 11.3 Å². The lowest BCUT2D eigenvalue weighted by atomic mass is 10.2. The molecule has 0 radical (unpaired) electrons. The second kappa shape index (κ2) is 5.79. The van der Waals surface area contributed by atoms with Gasteiger partial charge in [0.15, 0.2) is 5.03 Å². The van der Waals surface area contributed by atoms with Crippen LogP contribution in [0.4, 0.5) is 0 Å². The second-order valence-electron chi connectivity index (χ2n) is 4.92. The Balaban J connectivity index is 2.06. The predicted octanol–water partition coefficient (Wildman–Crippen LogP) is 1.24. The molecule has 6 nitrogen and oxygen atoms in total. The van der Waals surface area contributed by atoms with Crippen molar-refractivity contribution in [3.05, 3.63) is 35.3 Å². The molecule has 116 valence electrons. The van der Waals surface area contributed by atoms with Gasteiger partial charge in [-0.3, -0.25) is 4.79 Å². The number of amides is 1. The Labute approximate surface area is 132 Å². The highest BCUT2D eigenvalue weighted by molar-refractivity contribution is 7.89. The molecular formula is C14H15N3O3S2. The third-order valence-corrected chi connectivity index (χ3v) is 6.25. The molecule has 0 atom stereocenters. The van der Waals surface area contributed by atoms with Crippen molar-refractivity contribution < 1.29 is 13.2 Å². The molecule has 1 aliphatic rings. The van der Waals surface area contributed by atoms with Gasteiger partial charge in [0, 0.05) is 13.1 Å². The molecule has 1 N–H and O–H groups in total. The Hall–Kier alpha value is -1.77. The molecule has 1 aromatic heterocycles. The minimum Gasteiger partial charge on any atom is -0.354 e. The van der Waals surface area contributed by atoms with E-state index in [-0.39, 0.29) is 24.0 Å². The van der Waals surface area contributed by atoms with Crippen LogP contribution in [0.2, 0.25) is 0 Å². The third-order valence-electron chi connectivity index (χ3n) is 3.33. The first-order valence-electron chi connectivity index (χ1n) is 6.78. The fourth-order valence-corrected chi connectivity index (χ4v) is 5.08. The smallest absolute Gasteiger partial charge is 0.262 e. The van der Waals surface area contributed by atoms with Crippen molar-refractivity contribution in [2.24, 2.45) is 0 Å². The summed E-state index contributed by atoms with van der Waals surface area (Å²) < 4.78 is 26.8. The number of nitrogens with zero attached hydrogens (tertiary/aromatic N) is 2. The van der Waals surface area contributed by atoms with Gasteiger partial charge in [-0.2, -0.15) is 4.31 Å². The van der Waals surface area contributed by atoms with Gasteiger partial charge < -0.3 is 5.32 Å². The molecule has 1 aromatic carbocycles.